The molecule has 0 radical (unpaired) electrons. The zero-order valence-electron chi connectivity index (χ0n) is 8.64. The first-order chi connectivity index (χ1) is 6.56. The van der Waals surface area contributed by atoms with E-state index >= 15 is 0 Å². The molecule has 1 aromatic heterocycles. The fraction of sp³-hybridized carbons (Fsp3) is 0.667. The molecule has 1 rings (SSSR count). The molecule has 1 heterocycles. The lowest BCUT2D eigenvalue weighted by Gasteiger charge is -2.09. The Hall–Kier alpha value is -0.0600. The summed E-state index contributed by atoms with van der Waals surface area (Å²) in [5.41, 5.74) is 2.08. The Kier molecular flexibility index (Phi) is 4.41. The first kappa shape index (κ1) is 12.0. The van der Waals surface area contributed by atoms with Gasteiger partial charge in [-0.25, -0.2) is 0 Å². The van der Waals surface area contributed by atoms with Crippen LogP contribution in [0.15, 0.2) is 0 Å². The van der Waals surface area contributed by atoms with Crippen molar-refractivity contribution in [3.63, 3.8) is 0 Å². The summed E-state index contributed by atoms with van der Waals surface area (Å²) in [7, 11) is 1.85. The number of nitrogens with zero attached hydrogens (tertiary/aromatic N) is 2. The molecule has 14 heavy (non-hydrogen) atoms. The van der Waals surface area contributed by atoms with Crippen molar-refractivity contribution in [3.8, 4) is 0 Å². The Morgan fingerprint density at radius 2 is 2.29 bits per heavy atom. The Bertz CT molecular complexity index is 311. The fourth-order valence-electron chi connectivity index (χ4n) is 1.21. The minimum absolute atomic E-state index is 0.436. The fourth-order valence-corrected chi connectivity index (χ4v) is 1.68. The van der Waals surface area contributed by atoms with Crippen molar-refractivity contribution in [2.24, 2.45) is 7.05 Å². The molecule has 0 spiro atoms. The molecule has 0 bridgehead atoms. The van der Waals surface area contributed by atoms with Crippen molar-refractivity contribution in [3.05, 3.63) is 16.4 Å². The second-order valence-electron chi connectivity index (χ2n) is 3.41. The van der Waals surface area contributed by atoms with Crippen LogP contribution in [0.5, 0.6) is 0 Å². The van der Waals surface area contributed by atoms with Crippen molar-refractivity contribution in [2.45, 2.75) is 26.4 Å². The highest BCUT2D eigenvalue weighted by Gasteiger charge is 2.11. The van der Waals surface area contributed by atoms with E-state index in [1.165, 1.54) is 0 Å². The Morgan fingerprint density at radius 3 is 2.71 bits per heavy atom. The monoisotopic (exact) mass is 279 g/mol. The van der Waals surface area contributed by atoms with E-state index in [-0.39, 0.29) is 0 Å². The van der Waals surface area contributed by atoms with Gasteiger partial charge in [-0.15, -0.1) is 0 Å². The largest absolute Gasteiger partial charge is 0.309 e. The third-order valence-corrected chi connectivity index (χ3v) is 3.57. The molecule has 0 aromatic carbocycles. The number of hydrogen-bond donors (Lipinski definition) is 1. The van der Waals surface area contributed by atoms with Gasteiger partial charge in [0.1, 0.15) is 5.15 Å². The summed E-state index contributed by atoms with van der Waals surface area (Å²) in [6.45, 7) is 4.86. The molecule has 80 valence electrons. The molecule has 0 aliphatic rings. The molecule has 0 saturated carbocycles. The highest BCUT2D eigenvalue weighted by atomic mass is 79.9. The van der Waals surface area contributed by atoms with Gasteiger partial charge in [-0.2, -0.15) is 5.10 Å². The number of aryl methyl sites for hydroxylation is 2. The molecule has 1 unspecified atom stereocenters. The first-order valence-electron chi connectivity index (χ1n) is 4.53. The summed E-state index contributed by atoms with van der Waals surface area (Å²) in [6, 6.07) is 0.436. The van der Waals surface area contributed by atoms with E-state index in [9.17, 15) is 0 Å². The standard InChI is InChI=1S/C9H15BrClN3/c1-6(4-10)12-5-8-7(2)13-14(3)9(8)11/h6,12H,4-5H2,1-3H3. The second-order valence-corrected chi connectivity index (χ2v) is 4.42. The maximum atomic E-state index is 6.09. The van der Waals surface area contributed by atoms with Crippen LogP contribution in [-0.4, -0.2) is 21.2 Å². The minimum atomic E-state index is 0.436. The molecule has 0 saturated heterocycles. The van der Waals surface area contributed by atoms with Crippen LogP contribution in [0.3, 0.4) is 0 Å². The van der Waals surface area contributed by atoms with Crippen LogP contribution < -0.4 is 5.32 Å². The number of halogens is 2. The molecule has 0 aliphatic carbocycles. The Morgan fingerprint density at radius 1 is 1.64 bits per heavy atom. The summed E-state index contributed by atoms with van der Waals surface area (Å²) in [6.07, 6.45) is 0. The third kappa shape index (κ3) is 2.72. The third-order valence-electron chi connectivity index (χ3n) is 2.13. The van der Waals surface area contributed by atoms with Crippen molar-refractivity contribution >= 4 is 27.5 Å². The molecule has 3 nitrogen and oxygen atoms in total. The van der Waals surface area contributed by atoms with Crippen LogP contribution in [-0.2, 0) is 13.6 Å². The van der Waals surface area contributed by atoms with Crippen molar-refractivity contribution in [1.82, 2.24) is 15.1 Å². The Balaban J connectivity index is 2.67. The Labute approximate surface area is 97.9 Å². The van der Waals surface area contributed by atoms with E-state index in [0.717, 1.165) is 28.3 Å². The van der Waals surface area contributed by atoms with Gasteiger partial charge in [-0.05, 0) is 13.8 Å². The molecule has 0 fully saturated rings. The lowest BCUT2D eigenvalue weighted by Crippen LogP contribution is -2.26. The average molecular weight is 281 g/mol. The predicted octanol–water partition coefficient (Wildman–Crippen LogP) is 2.25. The van der Waals surface area contributed by atoms with Crippen molar-refractivity contribution < 1.29 is 0 Å². The smallest absolute Gasteiger partial charge is 0.131 e. The van der Waals surface area contributed by atoms with Crippen LogP contribution in [0.4, 0.5) is 0 Å². The van der Waals surface area contributed by atoms with Gasteiger partial charge < -0.3 is 5.32 Å². The lowest BCUT2D eigenvalue weighted by atomic mass is 10.2. The number of nitrogens with one attached hydrogen (secondary N) is 1. The van der Waals surface area contributed by atoms with E-state index in [1.807, 2.05) is 14.0 Å². The molecule has 5 heteroatoms. The molecule has 0 aliphatic heterocycles. The molecule has 0 amide bonds. The number of hydrogen-bond acceptors (Lipinski definition) is 2. The molecular formula is C9H15BrClN3. The zero-order chi connectivity index (χ0) is 10.7. The van der Waals surface area contributed by atoms with Gasteiger partial charge in [0.05, 0.1) is 5.69 Å². The minimum Gasteiger partial charge on any atom is -0.309 e. The summed E-state index contributed by atoms with van der Waals surface area (Å²) in [5.74, 6) is 0. The first-order valence-corrected chi connectivity index (χ1v) is 6.03. The highest BCUT2D eigenvalue weighted by molar-refractivity contribution is 9.09. The van der Waals surface area contributed by atoms with Gasteiger partial charge >= 0.3 is 0 Å². The van der Waals surface area contributed by atoms with Crippen LogP contribution in [0.1, 0.15) is 18.2 Å². The molecular weight excluding hydrogens is 265 g/mol. The average Bonchev–Trinajstić information content (AvgIpc) is 2.39. The van der Waals surface area contributed by atoms with Gasteiger partial charge in [0, 0.05) is 30.5 Å². The normalized spacial score (nSPS) is 13.2. The van der Waals surface area contributed by atoms with Crippen LogP contribution in [0.2, 0.25) is 5.15 Å². The van der Waals surface area contributed by atoms with E-state index in [4.69, 9.17) is 11.6 Å². The van der Waals surface area contributed by atoms with E-state index in [0.29, 0.717) is 6.04 Å². The predicted molar refractivity (Wildman–Crippen MR) is 63.1 cm³/mol. The van der Waals surface area contributed by atoms with E-state index in [1.54, 1.807) is 4.68 Å². The summed E-state index contributed by atoms with van der Waals surface area (Å²) in [5, 5.41) is 9.26. The highest BCUT2D eigenvalue weighted by Crippen LogP contribution is 2.18. The van der Waals surface area contributed by atoms with Gasteiger partial charge in [0.25, 0.3) is 0 Å². The van der Waals surface area contributed by atoms with Gasteiger partial charge in [-0.3, -0.25) is 4.68 Å². The SMILES string of the molecule is Cc1nn(C)c(Cl)c1CNC(C)CBr. The number of alkyl halides is 1. The second kappa shape index (κ2) is 5.14. The number of rotatable bonds is 4. The van der Waals surface area contributed by atoms with Gasteiger partial charge in [0.15, 0.2) is 0 Å². The topological polar surface area (TPSA) is 29.9 Å². The van der Waals surface area contributed by atoms with Crippen LogP contribution in [0, 0.1) is 6.92 Å². The van der Waals surface area contributed by atoms with Crippen LogP contribution >= 0.6 is 27.5 Å². The maximum Gasteiger partial charge on any atom is 0.131 e. The zero-order valence-corrected chi connectivity index (χ0v) is 11.0. The van der Waals surface area contributed by atoms with Crippen molar-refractivity contribution in [1.29, 1.82) is 0 Å². The lowest BCUT2D eigenvalue weighted by molar-refractivity contribution is 0.597. The van der Waals surface area contributed by atoms with E-state index < -0.39 is 0 Å². The quantitative estimate of drug-likeness (QED) is 0.858. The van der Waals surface area contributed by atoms with E-state index in [2.05, 4.69) is 33.3 Å². The molecule has 1 aromatic rings. The molecule has 1 N–H and O–H groups in total. The van der Waals surface area contributed by atoms with Crippen molar-refractivity contribution in [2.75, 3.05) is 5.33 Å². The van der Waals surface area contributed by atoms with Gasteiger partial charge in [0.2, 0.25) is 0 Å². The van der Waals surface area contributed by atoms with Crippen LogP contribution in [0.25, 0.3) is 0 Å². The summed E-state index contributed by atoms with van der Waals surface area (Å²) in [4.78, 5) is 0. The maximum absolute atomic E-state index is 6.09. The summed E-state index contributed by atoms with van der Waals surface area (Å²) >= 11 is 9.50. The summed E-state index contributed by atoms with van der Waals surface area (Å²) < 4.78 is 1.70. The molecule has 1 atom stereocenters. The van der Waals surface area contributed by atoms with Gasteiger partial charge in [-0.1, -0.05) is 27.5 Å². The number of aromatic nitrogens is 2.